The number of aryl methyl sites for hydroxylation is 2. The predicted molar refractivity (Wildman–Crippen MR) is 88.5 cm³/mol. The summed E-state index contributed by atoms with van der Waals surface area (Å²) < 4.78 is 3.54. The molecule has 2 amide bonds. The van der Waals surface area contributed by atoms with E-state index in [4.69, 9.17) is 0 Å². The largest absolute Gasteiger partial charge is 0.347 e. The Bertz CT molecular complexity index is 808. The number of aromatic nitrogens is 3. The normalized spacial score (nSPS) is 23.7. The number of nitrogens with zero attached hydrogens (tertiary/aromatic N) is 5. The number of likely N-dealkylation sites (tertiary alicyclic amines) is 1. The van der Waals surface area contributed by atoms with Gasteiger partial charge < -0.3 is 14.4 Å². The van der Waals surface area contributed by atoms with Crippen molar-refractivity contribution in [3.63, 3.8) is 0 Å². The Morgan fingerprint density at radius 1 is 1.29 bits per heavy atom. The molecule has 7 heteroatoms. The molecule has 2 aromatic heterocycles. The number of hydrogen-bond donors (Lipinski definition) is 0. The van der Waals surface area contributed by atoms with E-state index in [1.54, 1.807) is 10.9 Å². The Morgan fingerprint density at radius 2 is 2.12 bits per heavy atom. The summed E-state index contributed by atoms with van der Waals surface area (Å²) in [6.07, 6.45) is 6.82. The summed E-state index contributed by atoms with van der Waals surface area (Å²) in [5, 5.41) is 4.15. The van der Waals surface area contributed by atoms with E-state index in [2.05, 4.69) is 5.10 Å². The minimum atomic E-state index is -0.131. The lowest BCUT2D eigenvalue weighted by Crippen LogP contribution is -2.34. The molecule has 4 heterocycles. The quantitative estimate of drug-likeness (QED) is 0.827. The van der Waals surface area contributed by atoms with Crippen molar-refractivity contribution in [2.75, 3.05) is 24.5 Å². The van der Waals surface area contributed by atoms with E-state index in [9.17, 15) is 9.59 Å². The fourth-order valence-electron chi connectivity index (χ4n) is 3.91. The second-order valence-corrected chi connectivity index (χ2v) is 7.01. The van der Waals surface area contributed by atoms with Gasteiger partial charge in [-0.2, -0.15) is 5.10 Å². The van der Waals surface area contributed by atoms with Gasteiger partial charge in [0.05, 0.1) is 11.9 Å². The van der Waals surface area contributed by atoms with Gasteiger partial charge in [-0.25, -0.2) is 0 Å². The van der Waals surface area contributed by atoms with Gasteiger partial charge in [0, 0.05) is 58.0 Å². The molecule has 1 spiro atoms. The first-order valence-electron chi connectivity index (χ1n) is 8.17. The van der Waals surface area contributed by atoms with Gasteiger partial charge >= 0.3 is 0 Å². The lowest BCUT2D eigenvalue weighted by Gasteiger charge is -2.23. The van der Waals surface area contributed by atoms with E-state index >= 15 is 0 Å². The van der Waals surface area contributed by atoms with E-state index < -0.39 is 0 Å². The first kappa shape index (κ1) is 15.0. The van der Waals surface area contributed by atoms with Gasteiger partial charge in [-0.3, -0.25) is 14.3 Å². The first-order chi connectivity index (χ1) is 11.5. The van der Waals surface area contributed by atoms with Gasteiger partial charge in [0.25, 0.3) is 5.91 Å². The Labute approximate surface area is 140 Å². The average molecular weight is 327 g/mol. The van der Waals surface area contributed by atoms with Gasteiger partial charge in [-0.05, 0) is 18.6 Å². The third kappa shape index (κ3) is 2.31. The summed E-state index contributed by atoms with van der Waals surface area (Å²) in [5.41, 5.74) is 1.40. The molecule has 0 radical (unpaired) electrons. The fourth-order valence-corrected chi connectivity index (χ4v) is 3.91. The molecule has 2 saturated heterocycles. The topological polar surface area (TPSA) is 63.4 Å². The van der Waals surface area contributed by atoms with Crippen LogP contribution in [0.25, 0.3) is 0 Å². The van der Waals surface area contributed by atoms with Crippen LogP contribution in [0.5, 0.6) is 0 Å². The Morgan fingerprint density at radius 3 is 2.79 bits per heavy atom. The molecule has 126 valence electrons. The van der Waals surface area contributed by atoms with Crippen LogP contribution in [0.1, 0.15) is 23.3 Å². The van der Waals surface area contributed by atoms with Gasteiger partial charge in [0.15, 0.2) is 0 Å². The van der Waals surface area contributed by atoms with Crippen LogP contribution in [0.3, 0.4) is 0 Å². The lowest BCUT2D eigenvalue weighted by atomic mass is 9.86. The van der Waals surface area contributed by atoms with Crippen molar-refractivity contribution in [3.05, 3.63) is 36.4 Å². The van der Waals surface area contributed by atoms with Crippen LogP contribution in [0.15, 0.2) is 30.7 Å². The highest BCUT2D eigenvalue weighted by Crippen LogP contribution is 2.42. The smallest absolute Gasteiger partial charge is 0.270 e. The van der Waals surface area contributed by atoms with Crippen molar-refractivity contribution in [1.82, 2.24) is 19.2 Å². The summed E-state index contributed by atoms with van der Waals surface area (Å²) in [4.78, 5) is 28.9. The molecular formula is C17H21N5O2. The first-order valence-corrected chi connectivity index (χ1v) is 8.17. The minimum absolute atomic E-state index is 0.0478. The van der Waals surface area contributed by atoms with Crippen molar-refractivity contribution < 1.29 is 9.59 Å². The Kier molecular flexibility index (Phi) is 3.26. The molecule has 0 bridgehead atoms. The zero-order valence-corrected chi connectivity index (χ0v) is 14.0. The highest BCUT2D eigenvalue weighted by molar-refractivity contribution is 5.97. The molecule has 0 aliphatic carbocycles. The summed E-state index contributed by atoms with van der Waals surface area (Å²) in [6.45, 7) is 2.01. The maximum absolute atomic E-state index is 12.7. The third-order valence-corrected chi connectivity index (χ3v) is 5.21. The highest BCUT2D eigenvalue weighted by atomic mass is 16.2. The molecular weight excluding hydrogens is 306 g/mol. The zero-order chi connectivity index (χ0) is 16.9. The standard InChI is InChI=1S/C17H21N5O2/c1-19-6-3-4-14(19)16(24)21-7-5-17(11-21)8-15(23)22(12-17)13-9-18-20(2)10-13/h3-4,6,9-10H,5,7-8,11-12H2,1-2H3. The Hall–Kier alpha value is -2.57. The van der Waals surface area contributed by atoms with Crippen LogP contribution < -0.4 is 4.90 Å². The van der Waals surface area contributed by atoms with E-state index in [-0.39, 0.29) is 17.2 Å². The zero-order valence-electron chi connectivity index (χ0n) is 14.0. The molecule has 2 aliphatic heterocycles. The van der Waals surface area contributed by atoms with Crippen LogP contribution in [0.4, 0.5) is 5.69 Å². The van der Waals surface area contributed by atoms with E-state index in [0.717, 1.165) is 12.1 Å². The van der Waals surface area contributed by atoms with Crippen LogP contribution >= 0.6 is 0 Å². The predicted octanol–water partition coefficient (Wildman–Crippen LogP) is 1.03. The van der Waals surface area contributed by atoms with Crippen molar-refractivity contribution in [3.8, 4) is 0 Å². The van der Waals surface area contributed by atoms with Crippen LogP contribution in [0, 0.1) is 5.41 Å². The molecule has 4 rings (SSSR count). The van der Waals surface area contributed by atoms with E-state index in [0.29, 0.717) is 31.7 Å². The van der Waals surface area contributed by atoms with Gasteiger partial charge in [-0.15, -0.1) is 0 Å². The lowest BCUT2D eigenvalue weighted by molar-refractivity contribution is -0.117. The number of carbonyl (C=O) groups is 2. The van der Waals surface area contributed by atoms with Crippen molar-refractivity contribution in [2.45, 2.75) is 12.8 Å². The minimum Gasteiger partial charge on any atom is -0.347 e. The number of rotatable bonds is 2. The van der Waals surface area contributed by atoms with Crippen molar-refractivity contribution >= 4 is 17.5 Å². The maximum atomic E-state index is 12.7. The number of amides is 2. The van der Waals surface area contributed by atoms with Gasteiger partial charge in [0.2, 0.25) is 5.91 Å². The molecule has 2 aliphatic rings. The molecule has 0 N–H and O–H groups in total. The summed E-state index contributed by atoms with van der Waals surface area (Å²) in [5.74, 6) is 0.169. The molecule has 0 aromatic carbocycles. The maximum Gasteiger partial charge on any atom is 0.270 e. The van der Waals surface area contributed by atoms with Crippen LogP contribution in [-0.4, -0.2) is 50.7 Å². The highest BCUT2D eigenvalue weighted by Gasteiger charge is 2.49. The summed E-state index contributed by atoms with van der Waals surface area (Å²) >= 11 is 0. The Balaban J connectivity index is 1.51. The van der Waals surface area contributed by atoms with Crippen LogP contribution in [-0.2, 0) is 18.9 Å². The summed E-state index contributed by atoms with van der Waals surface area (Å²) in [7, 11) is 3.72. The molecule has 24 heavy (non-hydrogen) atoms. The molecule has 1 atom stereocenters. The monoisotopic (exact) mass is 327 g/mol. The van der Waals surface area contributed by atoms with Gasteiger partial charge in [0.1, 0.15) is 5.69 Å². The number of anilines is 1. The average Bonchev–Trinajstić information content (AvgIpc) is 3.29. The molecule has 0 saturated carbocycles. The van der Waals surface area contributed by atoms with Crippen LogP contribution in [0.2, 0.25) is 0 Å². The van der Waals surface area contributed by atoms with Gasteiger partial charge in [-0.1, -0.05) is 0 Å². The van der Waals surface area contributed by atoms with Crippen molar-refractivity contribution in [1.29, 1.82) is 0 Å². The van der Waals surface area contributed by atoms with E-state index in [1.807, 2.05) is 53.0 Å². The number of carbonyl (C=O) groups excluding carboxylic acids is 2. The molecule has 7 nitrogen and oxygen atoms in total. The SMILES string of the molecule is Cn1cc(N2CC3(CCN(C(=O)c4cccn4C)C3)CC2=O)cn1. The second-order valence-electron chi connectivity index (χ2n) is 7.01. The number of hydrogen-bond acceptors (Lipinski definition) is 3. The molecule has 1 unspecified atom stereocenters. The summed E-state index contributed by atoms with van der Waals surface area (Å²) in [6, 6.07) is 3.72. The fraction of sp³-hybridized carbons (Fsp3) is 0.471. The molecule has 2 fully saturated rings. The second kappa shape index (κ2) is 5.22. The third-order valence-electron chi connectivity index (χ3n) is 5.21. The van der Waals surface area contributed by atoms with E-state index in [1.165, 1.54) is 0 Å². The van der Waals surface area contributed by atoms with Crippen molar-refractivity contribution in [2.24, 2.45) is 19.5 Å². The molecule has 2 aromatic rings.